The summed E-state index contributed by atoms with van der Waals surface area (Å²) in [6.07, 6.45) is 0. The Morgan fingerprint density at radius 2 is 2.00 bits per heavy atom. The van der Waals surface area contributed by atoms with Crippen LogP contribution in [0.1, 0.15) is 0 Å². The molecule has 6 heavy (non-hydrogen) atoms. The molecule has 0 fully saturated rings. The van der Waals surface area contributed by atoms with E-state index in [1.807, 2.05) is 0 Å². The van der Waals surface area contributed by atoms with Crippen molar-refractivity contribution in [1.29, 1.82) is 0 Å². The van der Waals surface area contributed by atoms with Crippen molar-refractivity contribution >= 4 is 0 Å². The third-order valence-corrected chi connectivity index (χ3v) is 0.260. The normalized spacial score (nSPS) is 6.33. The van der Waals surface area contributed by atoms with Crippen LogP contribution in [0, 0.1) is 0 Å². The van der Waals surface area contributed by atoms with E-state index in [2.05, 4.69) is 3.52 Å². The quantitative estimate of drug-likeness (QED) is 0.347. The van der Waals surface area contributed by atoms with Crippen LogP contribution < -0.4 is 33.2 Å². The third kappa shape index (κ3) is 9.03. The Labute approximate surface area is 62.8 Å². The molecular formula is FNaO3Ti. The molecule has 0 aliphatic rings. The number of halogens is 1. The zero-order valence-electron chi connectivity index (χ0n) is 3.10. The summed E-state index contributed by atoms with van der Waals surface area (Å²) in [5, 5.41) is 0. The molecule has 0 bridgehead atoms. The van der Waals surface area contributed by atoms with Crippen LogP contribution in [0.4, 0.5) is 4.53 Å². The number of rotatable bonds is 1. The first kappa shape index (κ1) is 10.4. The molecule has 0 atom stereocenters. The van der Waals surface area contributed by atoms with Gasteiger partial charge in [0.25, 0.3) is 0 Å². The summed E-state index contributed by atoms with van der Waals surface area (Å²) in [7, 11) is 0. The van der Waals surface area contributed by atoms with Crippen LogP contribution in [-0.2, 0) is 25.5 Å². The van der Waals surface area contributed by atoms with Gasteiger partial charge in [-0.15, -0.1) is 0 Å². The summed E-state index contributed by atoms with van der Waals surface area (Å²) in [5.41, 5.74) is 0. The van der Waals surface area contributed by atoms with Crippen molar-refractivity contribution < 1.29 is 63.2 Å². The monoisotopic (exact) mass is 138 g/mol. The first-order chi connectivity index (χ1) is 2.27. The van der Waals surface area contributed by atoms with Crippen LogP contribution >= 0.6 is 0 Å². The second-order valence-electron chi connectivity index (χ2n) is 0.327. The van der Waals surface area contributed by atoms with E-state index in [0.717, 1.165) is 0 Å². The van der Waals surface area contributed by atoms with Gasteiger partial charge in [0.1, 0.15) is 0 Å². The molecule has 0 aromatic carbocycles. The van der Waals surface area contributed by atoms with Gasteiger partial charge in [0.15, 0.2) is 0 Å². The predicted molar refractivity (Wildman–Crippen MR) is 2.88 cm³/mol. The molecule has 30 valence electrons. The second kappa shape index (κ2) is 6.36. The SMILES string of the molecule is [Na+].[O]=[Ti]([O-])[O]F. The van der Waals surface area contributed by atoms with Crippen LogP contribution in [0.2, 0.25) is 0 Å². The molecule has 0 aliphatic carbocycles. The van der Waals surface area contributed by atoms with E-state index in [0.29, 0.717) is 0 Å². The van der Waals surface area contributed by atoms with E-state index < -0.39 is 18.6 Å². The molecule has 0 spiro atoms. The average Bonchev–Trinajstić information content (AvgIpc) is 1.38. The molecule has 0 radical (unpaired) electrons. The van der Waals surface area contributed by atoms with Crippen molar-refractivity contribution in [2.75, 3.05) is 0 Å². The fourth-order valence-electron chi connectivity index (χ4n) is 0. The average molecular weight is 138 g/mol. The summed E-state index contributed by atoms with van der Waals surface area (Å²) in [6.45, 7) is 0. The molecule has 0 rings (SSSR count). The van der Waals surface area contributed by atoms with Gasteiger partial charge in [0.05, 0.1) is 0 Å². The van der Waals surface area contributed by atoms with E-state index >= 15 is 0 Å². The van der Waals surface area contributed by atoms with Gasteiger partial charge < -0.3 is 0 Å². The number of hydrogen-bond acceptors (Lipinski definition) is 3. The molecule has 0 aliphatic heterocycles. The zero-order valence-corrected chi connectivity index (χ0v) is 6.66. The Bertz CT molecular complexity index is 46.1. The molecule has 0 aromatic rings. The van der Waals surface area contributed by atoms with Crippen LogP contribution in [0.25, 0.3) is 0 Å². The standard InChI is InChI=1S/FO.Na.2O.Ti/c1-2;;;;/q-1;+1;;-1;+1. The van der Waals surface area contributed by atoms with E-state index in [-0.39, 0.29) is 29.6 Å². The summed E-state index contributed by atoms with van der Waals surface area (Å²) >= 11 is -4.02. The maximum atomic E-state index is 10.1. The molecule has 6 heteroatoms. The van der Waals surface area contributed by atoms with Gasteiger partial charge in [-0.25, -0.2) is 0 Å². The third-order valence-electron chi connectivity index (χ3n) is 0.0630. The van der Waals surface area contributed by atoms with Crippen molar-refractivity contribution in [3.8, 4) is 0 Å². The maximum absolute atomic E-state index is 10.1. The van der Waals surface area contributed by atoms with Crippen LogP contribution in [0.3, 0.4) is 0 Å². The van der Waals surface area contributed by atoms with Crippen molar-refractivity contribution in [3.05, 3.63) is 0 Å². The Kier molecular flexibility index (Phi) is 11.0. The predicted octanol–water partition coefficient (Wildman–Crippen LogP) is -3.95. The van der Waals surface area contributed by atoms with Gasteiger partial charge in [-0.3, -0.25) is 0 Å². The van der Waals surface area contributed by atoms with Gasteiger partial charge in [0.2, 0.25) is 0 Å². The van der Waals surface area contributed by atoms with Crippen molar-refractivity contribution in [2.24, 2.45) is 0 Å². The van der Waals surface area contributed by atoms with E-state index in [1.54, 1.807) is 0 Å². The molecule has 0 heterocycles. The Balaban J connectivity index is 0. The molecule has 0 aromatic heterocycles. The van der Waals surface area contributed by atoms with E-state index in [4.69, 9.17) is 7.01 Å². The Morgan fingerprint density at radius 1 is 1.83 bits per heavy atom. The van der Waals surface area contributed by atoms with Gasteiger partial charge in [-0.2, -0.15) is 0 Å². The molecule has 0 amide bonds. The minimum absolute atomic E-state index is 0. The summed E-state index contributed by atoms with van der Waals surface area (Å²) in [4.78, 5) is 0. The topological polar surface area (TPSA) is 49.4 Å². The first-order valence-electron chi connectivity index (χ1n) is 0.767. The molecule has 3 nitrogen and oxygen atoms in total. The van der Waals surface area contributed by atoms with Crippen LogP contribution in [-0.4, -0.2) is 0 Å². The second-order valence-corrected chi connectivity index (χ2v) is 1.35. The summed E-state index contributed by atoms with van der Waals surface area (Å²) in [6, 6.07) is 0. The molecular weight excluding hydrogens is 138 g/mol. The molecule has 0 saturated heterocycles. The van der Waals surface area contributed by atoms with Gasteiger partial charge in [-0.05, 0) is 0 Å². The van der Waals surface area contributed by atoms with E-state index in [9.17, 15) is 4.53 Å². The van der Waals surface area contributed by atoms with Crippen molar-refractivity contribution in [1.82, 2.24) is 0 Å². The van der Waals surface area contributed by atoms with Crippen LogP contribution in [0.15, 0.2) is 0 Å². The minimum atomic E-state index is -4.02. The van der Waals surface area contributed by atoms with E-state index in [1.165, 1.54) is 0 Å². The molecule has 0 N–H and O–H groups in total. The van der Waals surface area contributed by atoms with Gasteiger partial charge in [-0.1, -0.05) is 0 Å². The van der Waals surface area contributed by atoms with Gasteiger partial charge in [0, 0.05) is 0 Å². The molecule has 0 saturated carbocycles. The fourth-order valence-corrected chi connectivity index (χ4v) is 0. The molecule has 0 unspecified atom stereocenters. The fraction of sp³-hybridized carbons (Fsp3) is 0. The van der Waals surface area contributed by atoms with Crippen LogP contribution in [0.5, 0.6) is 0 Å². The first-order valence-corrected chi connectivity index (χ1v) is 2.68. The summed E-state index contributed by atoms with van der Waals surface area (Å²) in [5.74, 6) is 0. The zero-order chi connectivity index (χ0) is 4.28. The Morgan fingerprint density at radius 3 is 2.00 bits per heavy atom. The van der Waals surface area contributed by atoms with Crippen molar-refractivity contribution in [3.63, 3.8) is 0 Å². The Hall–Kier alpha value is 1.36. The summed E-state index contributed by atoms with van der Waals surface area (Å²) < 4.78 is 30.2. The number of hydrogen-bond donors (Lipinski definition) is 0. The van der Waals surface area contributed by atoms with Crippen molar-refractivity contribution in [2.45, 2.75) is 0 Å². The van der Waals surface area contributed by atoms with Gasteiger partial charge >= 0.3 is 63.2 Å².